The second kappa shape index (κ2) is 13.4. The van der Waals surface area contributed by atoms with Gasteiger partial charge in [-0.3, -0.25) is 14.4 Å². The topological polar surface area (TPSA) is 98.8 Å². The summed E-state index contributed by atoms with van der Waals surface area (Å²) in [6, 6.07) is 0.880. The van der Waals surface area contributed by atoms with E-state index in [2.05, 4.69) is 5.32 Å². The van der Waals surface area contributed by atoms with Gasteiger partial charge >= 0.3 is 11.9 Å². The van der Waals surface area contributed by atoms with Gasteiger partial charge in [0.05, 0.1) is 18.1 Å². The Morgan fingerprint density at radius 3 is 2.48 bits per heavy atom. The second-order valence-corrected chi connectivity index (χ2v) is 8.69. The third kappa shape index (κ3) is 9.45. The Kier molecular flexibility index (Phi) is 11.6. The molecule has 7 nitrogen and oxygen atoms in total. The lowest BCUT2D eigenvalue weighted by molar-refractivity contribution is -0.146. The molecular weight excluding hydrogens is 414 g/mol. The minimum absolute atomic E-state index is 0.0140. The molecule has 0 fully saturated rings. The number of hydrogen-bond donors (Lipinski definition) is 1. The Balaban J connectivity index is 2.72. The third-order valence-corrected chi connectivity index (χ3v) is 6.11. The van der Waals surface area contributed by atoms with Crippen LogP contribution in [0.25, 0.3) is 0 Å². The van der Waals surface area contributed by atoms with Gasteiger partial charge < -0.3 is 14.8 Å². The molecule has 1 N–H and O–H groups in total. The van der Waals surface area contributed by atoms with Crippen LogP contribution in [0.3, 0.4) is 0 Å². The Bertz CT molecular complexity index is 716. The van der Waals surface area contributed by atoms with Crippen molar-refractivity contribution in [2.24, 2.45) is 0 Å². The molecule has 0 saturated carbocycles. The van der Waals surface area contributed by atoms with Crippen LogP contribution >= 0.6 is 23.1 Å². The van der Waals surface area contributed by atoms with Crippen LogP contribution in [0.1, 0.15) is 60.1 Å². The standard InChI is InChI=1S/C20H29NO6S2/c1-5-26-18(23)10-9-15(20(25)27-6-2)21-19(24)17-12-13(3)16(29-17)8-7-11-28-14(4)22/h12,15H,5-11H2,1-4H3,(H,21,24). The van der Waals surface area contributed by atoms with Crippen LogP contribution in [0.5, 0.6) is 0 Å². The van der Waals surface area contributed by atoms with E-state index in [0.717, 1.165) is 29.0 Å². The van der Waals surface area contributed by atoms with Gasteiger partial charge in [-0.1, -0.05) is 11.8 Å². The first kappa shape index (κ1) is 25.2. The first-order valence-corrected chi connectivity index (χ1v) is 11.4. The lowest BCUT2D eigenvalue weighted by Gasteiger charge is -2.16. The van der Waals surface area contributed by atoms with E-state index in [-0.39, 0.29) is 37.1 Å². The van der Waals surface area contributed by atoms with Crippen molar-refractivity contribution in [3.8, 4) is 0 Å². The number of carbonyl (C=O) groups is 4. The predicted octanol–water partition coefficient (Wildman–Crippen LogP) is 3.27. The molecule has 29 heavy (non-hydrogen) atoms. The van der Waals surface area contributed by atoms with Crippen molar-refractivity contribution in [2.45, 2.75) is 59.4 Å². The maximum absolute atomic E-state index is 12.6. The van der Waals surface area contributed by atoms with Crippen molar-refractivity contribution in [1.82, 2.24) is 5.32 Å². The molecule has 0 aliphatic carbocycles. The lowest BCUT2D eigenvalue weighted by atomic mass is 10.1. The molecule has 162 valence electrons. The predicted molar refractivity (Wildman–Crippen MR) is 114 cm³/mol. The van der Waals surface area contributed by atoms with E-state index in [9.17, 15) is 19.2 Å². The van der Waals surface area contributed by atoms with Gasteiger partial charge in [0.2, 0.25) is 0 Å². The number of amides is 1. The average Bonchev–Trinajstić information content (AvgIpc) is 3.03. The fraction of sp³-hybridized carbons (Fsp3) is 0.600. The van der Waals surface area contributed by atoms with Gasteiger partial charge in [-0.2, -0.15) is 0 Å². The molecule has 0 spiro atoms. The maximum Gasteiger partial charge on any atom is 0.328 e. The zero-order valence-electron chi connectivity index (χ0n) is 17.4. The molecule has 0 aliphatic rings. The summed E-state index contributed by atoms with van der Waals surface area (Å²) in [5.74, 6) is -0.620. The number of carbonyl (C=O) groups excluding carboxylic acids is 4. The van der Waals surface area contributed by atoms with Crippen molar-refractivity contribution in [1.29, 1.82) is 0 Å². The molecular formula is C20H29NO6S2. The van der Waals surface area contributed by atoms with Crippen molar-refractivity contribution in [2.75, 3.05) is 19.0 Å². The van der Waals surface area contributed by atoms with E-state index in [1.54, 1.807) is 26.8 Å². The summed E-state index contributed by atoms with van der Waals surface area (Å²) >= 11 is 2.67. The fourth-order valence-electron chi connectivity index (χ4n) is 2.55. The molecule has 0 aliphatic heterocycles. The monoisotopic (exact) mass is 443 g/mol. The van der Waals surface area contributed by atoms with Crippen molar-refractivity contribution in [3.05, 3.63) is 21.4 Å². The highest BCUT2D eigenvalue weighted by Crippen LogP contribution is 2.24. The molecule has 1 rings (SSSR count). The fourth-order valence-corrected chi connectivity index (χ4v) is 4.24. The number of esters is 2. The maximum atomic E-state index is 12.6. The SMILES string of the molecule is CCOC(=O)CCC(NC(=O)c1cc(C)c(CCCSC(C)=O)s1)C(=O)OCC. The molecule has 1 atom stereocenters. The molecule has 0 saturated heterocycles. The highest BCUT2D eigenvalue weighted by molar-refractivity contribution is 8.13. The summed E-state index contributed by atoms with van der Waals surface area (Å²) in [6.07, 6.45) is 1.76. The van der Waals surface area contributed by atoms with E-state index in [0.29, 0.717) is 4.88 Å². The van der Waals surface area contributed by atoms with Gasteiger partial charge in [-0.25, -0.2) is 4.79 Å². The highest BCUT2D eigenvalue weighted by Gasteiger charge is 2.25. The van der Waals surface area contributed by atoms with E-state index in [1.807, 2.05) is 6.92 Å². The number of thiophene rings is 1. The van der Waals surface area contributed by atoms with Gasteiger partial charge in [0.25, 0.3) is 5.91 Å². The summed E-state index contributed by atoms with van der Waals surface area (Å²) in [7, 11) is 0. The molecule has 1 aromatic rings. The first-order valence-electron chi connectivity index (χ1n) is 9.64. The molecule has 1 heterocycles. The normalized spacial score (nSPS) is 11.6. The Morgan fingerprint density at radius 2 is 1.86 bits per heavy atom. The second-order valence-electron chi connectivity index (χ2n) is 6.28. The molecule has 1 aromatic heterocycles. The summed E-state index contributed by atoms with van der Waals surface area (Å²) < 4.78 is 9.89. The van der Waals surface area contributed by atoms with Gasteiger partial charge in [0.15, 0.2) is 5.12 Å². The largest absolute Gasteiger partial charge is 0.466 e. The zero-order chi connectivity index (χ0) is 21.8. The molecule has 0 radical (unpaired) electrons. The number of rotatable bonds is 12. The molecule has 9 heteroatoms. The van der Waals surface area contributed by atoms with E-state index in [1.165, 1.54) is 23.1 Å². The molecule has 0 bridgehead atoms. The van der Waals surface area contributed by atoms with Crippen LogP contribution in [-0.4, -0.2) is 48.0 Å². The number of hydrogen-bond acceptors (Lipinski definition) is 8. The lowest BCUT2D eigenvalue weighted by Crippen LogP contribution is -2.42. The summed E-state index contributed by atoms with van der Waals surface area (Å²) in [6.45, 7) is 7.32. The zero-order valence-corrected chi connectivity index (χ0v) is 19.0. The minimum Gasteiger partial charge on any atom is -0.466 e. The van der Waals surface area contributed by atoms with Crippen molar-refractivity contribution >= 4 is 46.1 Å². The van der Waals surface area contributed by atoms with Crippen LogP contribution in [0, 0.1) is 6.92 Å². The Labute approximate surface area is 179 Å². The minimum atomic E-state index is -0.912. The van der Waals surface area contributed by atoms with Gasteiger partial charge in [0.1, 0.15) is 6.04 Å². The van der Waals surface area contributed by atoms with E-state index >= 15 is 0 Å². The quantitative estimate of drug-likeness (QED) is 0.391. The van der Waals surface area contributed by atoms with Crippen LogP contribution < -0.4 is 5.32 Å². The van der Waals surface area contributed by atoms with Crippen LogP contribution in [0.4, 0.5) is 0 Å². The summed E-state index contributed by atoms with van der Waals surface area (Å²) in [5.41, 5.74) is 1.01. The number of thioether (sulfide) groups is 1. The molecule has 0 aromatic carbocycles. The number of ether oxygens (including phenoxy) is 2. The third-order valence-electron chi connectivity index (χ3n) is 3.92. The van der Waals surface area contributed by atoms with Crippen molar-refractivity contribution < 1.29 is 28.7 Å². The number of nitrogens with one attached hydrogen (secondary N) is 1. The first-order chi connectivity index (χ1) is 13.8. The Hall–Kier alpha value is -1.87. The van der Waals surface area contributed by atoms with Gasteiger partial charge in [0, 0.05) is 24.0 Å². The Morgan fingerprint density at radius 1 is 1.17 bits per heavy atom. The van der Waals surface area contributed by atoms with Crippen LogP contribution in [0.15, 0.2) is 6.07 Å². The number of aryl methyl sites for hydroxylation is 2. The van der Waals surface area contributed by atoms with Crippen molar-refractivity contribution in [3.63, 3.8) is 0 Å². The summed E-state index contributed by atoms with van der Waals surface area (Å²) in [4.78, 5) is 49.0. The average molecular weight is 444 g/mol. The van der Waals surface area contributed by atoms with Gasteiger partial charge in [-0.05, 0) is 51.7 Å². The van der Waals surface area contributed by atoms with Gasteiger partial charge in [-0.15, -0.1) is 11.3 Å². The van der Waals surface area contributed by atoms with E-state index < -0.39 is 18.0 Å². The highest BCUT2D eigenvalue weighted by atomic mass is 32.2. The van der Waals surface area contributed by atoms with E-state index in [4.69, 9.17) is 9.47 Å². The van der Waals surface area contributed by atoms with Crippen LogP contribution in [0.2, 0.25) is 0 Å². The molecule has 1 unspecified atom stereocenters. The summed E-state index contributed by atoms with van der Waals surface area (Å²) in [5, 5.41) is 2.78. The molecule has 1 amide bonds. The smallest absolute Gasteiger partial charge is 0.328 e. The van der Waals surface area contributed by atoms with Crippen LogP contribution in [-0.2, 0) is 30.3 Å².